The van der Waals surface area contributed by atoms with Gasteiger partial charge in [0.1, 0.15) is 5.25 Å². The first kappa shape index (κ1) is 13.1. The molecule has 0 aliphatic rings. The third-order valence-corrected chi connectivity index (χ3v) is 5.95. The van der Waals surface area contributed by atoms with Gasteiger partial charge in [-0.05, 0) is 30.0 Å². The molecule has 1 aromatic carbocycles. The van der Waals surface area contributed by atoms with Gasteiger partial charge >= 0.3 is 0 Å². The van der Waals surface area contributed by atoms with E-state index in [4.69, 9.17) is 0 Å². The van der Waals surface area contributed by atoms with Crippen LogP contribution in [0.25, 0.3) is 0 Å². The van der Waals surface area contributed by atoms with E-state index in [1.165, 1.54) is 11.3 Å². The van der Waals surface area contributed by atoms with Crippen molar-refractivity contribution in [1.29, 1.82) is 0 Å². The lowest BCUT2D eigenvalue weighted by atomic mass is 10.2. The molecule has 0 spiro atoms. The Balaban J connectivity index is 2.46. The van der Waals surface area contributed by atoms with E-state index in [2.05, 4.69) is 6.58 Å². The molecule has 0 saturated heterocycles. The first-order valence-corrected chi connectivity index (χ1v) is 8.02. The minimum absolute atomic E-state index is 0.366. The van der Waals surface area contributed by atoms with Crippen LogP contribution in [0.15, 0.2) is 65.4 Å². The predicted octanol–water partition coefficient (Wildman–Crippen LogP) is 3.84. The van der Waals surface area contributed by atoms with Crippen molar-refractivity contribution in [2.45, 2.75) is 16.6 Å². The zero-order valence-corrected chi connectivity index (χ0v) is 11.5. The Morgan fingerprint density at radius 3 is 2.44 bits per heavy atom. The van der Waals surface area contributed by atoms with Crippen molar-refractivity contribution in [3.05, 3.63) is 65.4 Å². The highest BCUT2D eigenvalue weighted by Gasteiger charge is 2.28. The van der Waals surface area contributed by atoms with Gasteiger partial charge in [-0.15, -0.1) is 17.9 Å². The Bertz CT molecular complexity index is 599. The Morgan fingerprint density at radius 2 is 1.89 bits per heavy atom. The van der Waals surface area contributed by atoms with E-state index < -0.39 is 15.1 Å². The number of sulfone groups is 1. The number of benzene rings is 1. The second-order valence-electron chi connectivity index (χ2n) is 3.89. The van der Waals surface area contributed by atoms with Crippen LogP contribution in [0.4, 0.5) is 0 Å². The van der Waals surface area contributed by atoms with E-state index >= 15 is 0 Å². The third kappa shape index (κ3) is 2.54. The largest absolute Gasteiger partial charge is 0.223 e. The van der Waals surface area contributed by atoms with Gasteiger partial charge in [-0.2, -0.15) is 0 Å². The summed E-state index contributed by atoms with van der Waals surface area (Å²) in [6, 6.07) is 12.3. The number of hydrogen-bond donors (Lipinski definition) is 0. The normalized spacial score (nSPS) is 13.1. The molecule has 0 bridgehead atoms. The van der Waals surface area contributed by atoms with E-state index in [0.717, 1.165) is 4.88 Å². The van der Waals surface area contributed by atoms with Gasteiger partial charge in [-0.3, -0.25) is 0 Å². The maximum absolute atomic E-state index is 12.6. The molecule has 1 atom stereocenters. The van der Waals surface area contributed by atoms with Gasteiger partial charge < -0.3 is 0 Å². The van der Waals surface area contributed by atoms with Crippen LogP contribution in [-0.2, 0) is 9.84 Å². The molecule has 1 unspecified atom stereocenters. The molecule has 0 radical (unpaired) electrons. The third-order valence-electron chi connectivity index (χ3n) is 2.69. The molecule has 94 valence electrons. The Kier molecular flexibility index (Phi) is 3.99. The average Bonchev–Trinajstić information content (AvgIpc) is 2.90. The lowest BCUT2D eigenvalue weighted by Gasteiger charge is -2.14. The first-order chi connectivity index (χ1) is 8.66. The van der Waals surface area contributed by atoms with Gasteiger partial charge in [-0.25, -0.2) is 8.42 Å². The van der Waals surface area contributed by atoms with Crippen LogP contribution in [-0.4, -0.2) is 8.42 Å². The molecule has 4 heteroatoms. The van der Waals surface area contributed by atoms with Gasteiger partial charge in [0.25, 0.3) is 0 Å². The maximum atomic E-state index is 12.6. The highest BCUT2D eigenvalue weighted by Crippen LogP contribution is 2.34. The summed E-state index contributed by atoms with van der Waals surface area (Å²) in [5, 5.41) is 1.36. The second kappa shape index (κ2) is 5.50. The van der Waals surface area contributed by atoms with Crippen molar-refractivity contribution >= 4 is 21.2 Å². The van der Waals surface area contributed by atoms with Crippen LogP contribution in [0.3, 0.4) is 0 Å². The SMILES string of the molecule is C=CCC(c1cccs1)S(=O)(=O)c1ccccc1. The Hall–Kier alpha value is -1.39. The van der Waals surface area contributed by atoms with Crippen LogP contribution < -0.4 is 0 Å². The summed E-state index contributed by atoms with van der Waals surface area (Å²) >= 11 is 1.47. The lowest BCUT2D eigenvalue weighted by molar-refractivity contribution is 0.583. The molecule has 1 aromatic heterocycles. The molecule has 0 aliphatic heterocycles. The monoisotopic (exact) mass is 278 g/mol. The topological polar surface area (TPSA) is 34.1 Å². The van der Waals surface area contributed by atoms with Crippen molar-refractivity contribution in [1.82, 2.24) is 0 Å². The van der Waals surface area contributed by atoms with Gasteiger partial charge in [0.15, 0.2) is 9.84 Å². The molecule has 1 heterocycles. The van der Waals surface area contributed by atoms with Gasteiger partial charge in [0.05, 0.1) is 4.90 Å². The van der Waals surface area contributed by atoms with Crippen LogP contribution in [0.1, 0.15) is 16.5 Å². The zero-order chi connectivity index (χ0) is 13.0. The first-order valence-electron chi connectivity index (χ1n) is 5.59. The quantitative estimate of drug-likeness (QED) is 0.779. The molecule has 0 saturated carbocycles. The van der Waals surface area contributed by atoms with Crippen molar-refractivity contribution < 1.29 is 8.42 Å². The van der Waals surface area contributed by atoms with Crippen molar-refractivity contribution in [2.24, 2.45) is 0 Å². The summed E-state index contributed by atoms with van der Waals surface area (Å²) in [5.41, 5.74) is 0. The summed E-state index contributed by atoms with van der Waals surface area (Å²) in [4.78, 5) is 1.23. The number of thiophene rings is 1. The standard InChI is InChI=1S/C14H14O2S2/c1-2-7-14(13-10-6-11-17-13)18(15,16)12-8-4-3-5-9-12/h2-6,8-11,14H,1,7H2. The molecule has 18 heavy (non-hydrogen) atoms. The summed E-state index contributed by atoms with van der Waals surface area (Å²) in [6.07, 6.45) is 2.09. The summed E-state index contributed by atoms with van der Waals surface area (Å²) in [6.45, 7) is 3.66. The van der Waals surface area contributed by atoms with Gasteiger partial charge in [-0.1, -0.05) is 30.3 Å². The molecule has 2 nitrogen and oxygen atoms in total. The highest BCUT2D eigenvalue weighted by atomic mass is 32.2. The van der Waals surface area contributed by atoms with Crippen molar-refractivity contribution in [3.63, 3.8) is 0 Å². The van der Waals surface area contributed by atoms with Crippen molar-refractivity contribution in [3.8, 4) is 0 Å². The molecular formula is C14H14O2S2. The molecule has 0 aliphatic carbocycles. The van der Waals surface area contributed by atoms with Crippen LogP contribution in [0.5, 0.6) is 0 Å². The van der Waals surface area contributed by atoms with E-state index in [-0.39, 0.29) is 0 Å². The molecule has 0 fully saturated rings. The second-order valence-corrected chi connectivity index (χ2v) is 7.00. The van der Waals surface area contributed by atoms with Crippen molar-refractivity contribution in [2.75, 3.05) is 0 Å². The molecule has 0 N–H and O–H groups in total. The fourth-order valence-corrected chi connectivity index (χ4v) is 4.70. The fourth-order valence-electron chi connectivity index (χ4n) is 1.80. The van der Waals surface area contributed by atoms with E-state index in [1.54, 1.807) is 30.3 Å². The smallest absolute Gasteiger partial charge is 0.186 e. The van der Waals surface area contributed by atoms with E-state index in [9.17, 15) is 8.42 Å². The van der Waals surface area contributed by atoms with Gasteiger partial charge in [0.2, 0.25) is 0 Å². The minimum Gasteiger partial charge on any atom is -0.223 e. The minimum atomic E-state index is -3.35. The Morgan fingerprint density at radius 1 is 1.17 bits per heavy atom. The fraction of sp³-hybridized carbons (Fsp3) is 0.143. The molecule has 2 rings (SSSR count). The van der Waals surface area contributed by atoms with Crippen LogP contribution >= 0.6 is 11.3 Å². The zero-order valence-electron chi connectivity index (χ0n) is 9.82. The maximum Gasteiger partial charge on any atom is 0.186 e. The molecule has 2 aromatic rings. The average molecular weight is 278 g/mol. The summed E-state index contributed by atoms with van der Waals surface area (Å²) in [7, 11) is -3.35. The highest BCUT2D eigenvalue weighted by molar-refractivity contribution is 7.91. The Labute approximate surface area is 112 Å². The van der Waals surface area contributed by atoms with E-state index in [1.807, 2.05) is 23.6 Å². The van der Waals surface area contributed by atoms with Crippen LogP contribution in [0.2, 0.25) is 0 Å². The van der Waals surface area contributed by atoms with Gasteiger partial charge in [0, 0.05) is 4.88 Å². The predicted molar refractivity (Wildman–Crippen MR) is 75.5 cm³/mol. The van der Waals surface area contributed by atoms with Crippen LogP contribution in [0, 0.1) is 0 Å². The number of hydrogen-bond acceptors (Lipinski definition) is 3. The number of allylic oxidation sites excluding steroid dienone is 1. The summed E-state index contributed by atoms with van der Waals surface area (Å²) < 4.78 is 25.2. The summed E-state index contributed by atoms with van der Waals surface area (Å²) in [5.74, 6) is 0. The number of rotatable bonds is 5. The molecule has 0 amide bonds. The van der Waals surface area contributed by atoms with E-state index in [0.29, 0.717) is 11.3 Å². The lowest BCUT2D eigenvalue weighted by Crippen LogP contribution is -2.12. The molecular weight excluding hydrogens is 264 g/mol.